The Hall–Kier alpha value is -0.770. The Bertz CT molecular complexity index is 164. The molecule has 0 aromatic heterocycles. The van der Waals surface area contributed by atoms with Gasteiger partial charge in [0, 0.05) is 6.21 Å². The van der Waals surface area contributed by atoms with Crippen molar-refractivity contribution in [2.45, 2.75) is 12.2 Å². The standard InChI is InChI=1S/C5H5F2NO/c6-4-5(7,9)2-1-3-8-4/h1-4,9H. The highest BCUT2D eigenvalue weighted by atomic mass is 19.2. The minimum Gasteiger partial charge on any atom is -0.355 e. The smallest absolute Gasteiger partial charge is 0.278 e. The second-order valence-electron chi connectivity index (χ2n) is 1.72. The SMILES string of the molecule is OC1(F)C=CC=NC1F. The monoisotopic (exact) mass is 133 g/mol. The summed E-state index contributed by atoms with van der Waals surface area (Å²) in [6.07, 6.45) is 0.780. The third kappa shape index (κ3) is 1.13. The summed E-state index contributed by atoms with van der Waals surface area (Å²) in [7, 11) is 0. The van der Waals surface area contributed by atoms with E-state index in [1.165, 1.54) is 0 Å². The minimum atomic E-state index is -2.91. The molecule has 0 aliphatic carbocycles. The molecule has 1 N–H and O–H groups in total. The highest BCUT2D eigenvalue weighted by Gasteiger charge is 2.35. The molecular weight excluding hydrogens is 128 g/mol. The van der Waals surface area contributed by atoms with Gasteiger partial charge >= 0.3 is 0 Å². The van der Waals surface area contributed by atoms with Gasteiger partial charge in [-0.3, -0.25) is 4.99 Å². The summed E-state index contributed by atoms with van der Waals surface area (Å²) in [4.78, 5) is 2.98. The summed E-state index contributed by atoms with van der Waals surface area (Å²) in [5.74, 6) is -2.91. The van der Waals surface area contributed by atoms with Crippen molar-refractivity contribution in [3.05, 3.63) is 12.2 Å². The summed E-state index contributed by atoms with van der Waals surface area (Å²) >= 11 is 0. The zero-order valence-electron chi connectivity index (χ0n) is 4.46. The zero-order chi connectivity index (χ0) is 6.91. The summed E-state index contributed by atoms with van der Waals surface area (Å²) in [5.41, 5.74) is 0. The molecule has 4 heteroatoms. The average Bonchev–Trinajstić information content (AvgIpc) is 1.77. The Labute approximate surface area is 50.5 Å². The number of hydrogen-bond donors (Lipinski definition) is 1. The molecule has 1 aliphatic heterocycles. The first-order chi connectivity index (χ1) is 4.13. The second kappa shape index (κ2) is 1.88. The number of hydrogen-bond acceptors (Lipinski definition) is 2. The summed E-state index contributed by atoms with van der Waals surface area (Å²) in [6, 6.07) is 0. The zero-order valence-corrected chi connectivity index (χ0v) is 4.46. The topological polar surface area (TPSA) is 32.6 Å². The fraction of sp³-hybridized carbons (Fsp3) is 0.400. The highest BCUT2D eigenvalue weighted by molar-refractivity contribution is 5.72. The van der Waals surface area contributed by atoms with Crippen LogP contribution in [0.3, 0.4) is 0 Å². The molecule has 1 heterocycles. The molecule has 9 heavy (non-hydrogen) atoms. The van der Waals surface area contributed by atoms with Crippen molar-refractivity contribution in [1.29, 1.82) is 0 Å². The van der Waals surface area contributed by atoms with Gasteiger partial charge in [-0.2, -0.15) is 0 Å². The molecule has 0 aromatic carbocycles. The van der Waals surface area contributed by atoms with Gasteiger partial charge in [0.15, 0.2) is 0 Å². The Kier molecular flexibility index (Phi) is 1.32. The Morgan fingerprint density at radius 2 is 2.33 bits per heavy atom. The molecule has 0 radical (unpaired) electrons. The van der Waals surface area contributed by atoms with Crippen molar-refractivity contribution in [3.8, 4) is 0 Å². The number of allylic oxidation sites excluding steroid dienone is 1. The molecule has 0 aromatic rings. The molecule has 2 atom stereocenters. The Balaban J connectivity index is 2.78. The van der Waals surface area contributed by atoms with Crippen molar-refractivity contribution in [3.63, 3.8) is 0 Å². The number of aliphatic hydroxyl groups is 1. The van der Waals surface area contributed by atoms with E-state index < -0.39 is 12.2 Å². The average molecular weight is 133 g/mol. The Morgan fingerprint density at radius 3 is 2.67 bits per heavy atom. The fourth-order valence-electron chi connectivity index (χ4n) is 0.487. The quantitative estimate of drug-likeness (QED) is 0.481. The van der Waals surface area contributed by atoms with E-state index in [4.69, 9.17) is 5.11 Å². The first kappa shape index (κ1) is 6.35. The minimum absolute atomic E-state index is 0.713. The molecule has 0 fully saturated rings. The summed E-state index contributed by atoms with van der Waals surface area (Å²) < 4.78 is 24.3. The van der Waals surface area contributed by atoms with Crippen LogP contribution in [0.4, 0.5) is 8.78 Å². The van der Waals surface area contributed by atoms with Crippen LogP contribution in [0.25, 0.3) is 0 Å². The van der Waals surface area contributed by atoms with Crippen molar-refractivity contribution in [1.82, 2.24) is 0 Å². The van der Waals surface area contributed by atoms with Crippen LogP contribution in [-0.2, 0) is 0 Å². The third-order valence-corrected chi connectivity index (χ3v) is 0.967. The molecule has 0 amide bonds. The maximum absolute atomic E-state index is 12.2. The van der Waals surface area contributed by atoms with Crippen LogP contribution in [-0.4, -0.2) is 23.5 Å². The van der Waals surface area contributed by atoms with E-state index in [0.717, 1.165) is 12.3 Å². The lowest BCUT2D eigenvalue weighted by molar-refractivity contribution is -0.0991. The number of rotatable bonds is 0. The molecule has 0 bridgehead atoms. The van der Waals surface area contributed by atoms with Crippen molar-refractivity contribution < 1.29 is 13.9 Å². The fourth-order valence-corrected chi connectivity index (χ4v) is 0.487. The van der Waals surface area contributed by atoms with E-state index >= 15 is 0 Å². The van der Waals surface area contributed by atoms with E-state index in [2.05, 4.69) is 4.99 Å². The second-order valence-corrected chi connectivity index (χ2v) is 1.72. The molecule has 50 valence electrons. The van der Waals surface area contributed by atoms with E-state index in [1.54, 1.807) is 0 Å². The van der Waals surface area contributed by atoms with Crippen molar-refractivity contribution in [2.75, 3.05) is 0 Å². The van der Waals surface area contributed by atoms with E-state index in [0.29, 0.717) is 6.08 Å². The van der Waals surface area contributed by atoms with Gasteiger partial charge in [-0.25, -0.2) is 8.78 Å². The molecule has 2 nitrogen and oxygen atoms in total. The molecule has 0 saturated heterocycles. The maximum atomic E-state index is 12.2. The number of halogens is 2. The molecule has 1 rings (SSSR count). The lowest BCUT2D eigenvalue weighted by Crippen LogP contribution is -2.32. The van der Waals surface area contributed by atoms with Crippen molar-refractivity contribution >= 4 is 6.21 Å². The molecule has 0 spiro atoms. The van der Waals surface area contributed by atoms with Gasteiger partial charge in [0.25, 0.3) is 12.2 Å². The van der Waals surface area contributed by atoms with Crippen LogP contribution in [0.15, 0.2) is 17.1 Å². The molecule has 0 saturated carbocycles. The lowest BCUT2D eigenvalue weighted by Gasteiger charge is -2.17. The van der Waals surface area contributed by atoms with Crippen molar-refractivity contribution in [2.24, 2.45) is 4.99 Å². The van der Waals surface area contributed by atoms with Gasteiger partial charge < -0.3 is 5.11 Å². The Morgan fingerprint density at radius 1 is 1.67 bits per heavy atom. The van der Waals surface area contributed by atoms with Crippen LogP contribution < -0.4 is 0 Å². The largest absolute Gasteiger partial charge is 0.355 e. The van der Waals surface area contributed by atoms with Gasteiger partial charge in [0.2, 0.25) is 0 Å². The molecular formula is C5H5F2NO. The molecule has 2 unspecified atom stereocenters. The van der Waals surface area contributed by atoms with E-state index in [9.17, 15) is 8.78 Å². The van der Waals surface area contributed by atoms with Gasteiger partial charge in [-0.1, -0.05) is 0 Å². The first-order valence-electron chi connectivity index (χ1n) is 2.39. The number of dihydropyridines is 1. The predicted molar refractivity (Wildman–Crippen MR) is 28.6 cm³/mol. The lowest BCUT2D eigenvalue weighted by atomic mass is 10.2. The first-order valence-corrected chi connectivity index (χ1v) is 2.39. The number of aliphatic imine (C=N–C) groups is 1. The number of nitrogens with zero attached hydrogens (tertiary/aromatic N) is 1. The molecule has 1 aliphatic rings. The van der Waals surface area contributed by atoms with E-state index in [-0.39, 0.29) is 0 Å². The summed E-state index contributed by atoms with van der Waals surface area (Å²) in [6.45, 7) is 0. The third-order valence-electron chi connectivity index (χ3n) is 0.967. The van der Waals surface area contributed by atoms with Crippen LogP contribution in [0.5, 0.6) is 0 Å². The number of alkyl halides is 2. The van der Waals surface area contributed by atoms with Gasteiger partial charge in [-0.15, -0.1) is 0 Å². The normalized spacial score (nSPS) is 41.4. The summed E-state index contributed by atoms with van der Waals surface area (Å²) in [5, 5.41) is 8.40. The van der Waals surface area contributed by atoms with Gasteiger partial charge in [0.1, 0.15) is 0 Å². The van der Waals surface area contributed by atoms with Gasteiger partial charge in [0.05, 0.1) is 0 Å². The highest BCUT2D eigenvalue weighted by Crippen LogP contribution is 2.20. The van der Waals surface area contributed by atoms with E-state index in [1.807, 2.05) is 0 Å². The maximum Gasteiger partial charge on any atom is 0.278 e. The van der Waals surface area contributed by atoms with Crippen LogP contribution in [0, 0.1) is 0 Å². The van der Waals surface area contributed by atoms with Crippen LogP contribution in [0.2, 0.25) is 0 Å². The van der Waals surface area contributed by atoms with Crippen LogP contribution >= 0.6 is 0 Å². The van der Waals surface area contributed by atoms with Gasteiger partial charge in [-0.05, 0) is 12.2 Å². The van der Waals surface area contributed by atoms with Crippen LogP contribution in [0.1, 0.15) is 0 Å². The predicted octanol–water partition coefficient (Wildman–Crippen LogP) is 0.581.